The quantitative estimate of drug-likeness (QED) is 0.728. The highest BCUT2D eigenvalue weighted by atomic mass is 79.9. The fraction of sp³-hybridized carbons (Fsp3) is 0.529. The number of aryl methyl sites for hydroxylation is 1. The lowest BCUT2D eigenvalue weighted by Crippen LogP contribution is -2.24. The molecule has 0 spiro atoms. The maximum Gasteiger partial charge on any atom is 0.143 e. The molecular weight excluding hydrogens is 376 g/mol. The summed E-state index contributed by atoms with van der Waals surface area (Å²) in [5, 5.41) is 5.45. The smallest absolute Gasteiger partial charge is 0.143 e. The number of hydrogen-bond acceptors (Lipinski definition) is 3. The first-order valence-corrected chi connectivity index (χ1v) is 9.26. The van der Waals surface area contributed by atoms with Gasteiger partial charge in [-0.05, 0) is 53.7 Å². The number of nitrogens with zero attached hydrogens (tertiary/aromatic N) is 4. The van der Waals surface area contributed by atoms with Gasteiger partial charge in [0.05, 0.1) is 16.2 Å². The van der Waals surface area contributed by atoms with Crippen LogP contribution in [0.1, 0.15) is 44.0 Å². The summed E-state index contributed by atoms with van der Waals surface area (Å²) in [6.45, 7) is 8.26. The number of pyridine rings is 1. The van der Waals surface area contributed by atoms with Crippen LogP contribution in [0.2, 0.25) is 5.15 Å². The number of hydrogen-bond donors (Lipinski definition) is 0. The Bertz CT molecular complexity index is 698. The van der Waals surface area contributed by atoms with Gasteiger partial charge in [0.2, 0.25) is 0 Å². The Hall–Kier alpha value is -1.07. The van der Waals surface area contributed by atoms with Gasteiger partial charge < -0.3 is 4.90 Å². The minimum Gasteiger partial charge on any atom is -0.348 e. The summed E-state index contributed by atoms with van der Waals surface area (Å²) in [7, 11) is 0. The molecule has 0 saturated carbocycles. The van der Waals surface area contributed by atoms with E-state index in [2.05, 4.69) is 51.7 Å². The van der Waals surface area contributed by atoms with Crippen LogP contribution in [-0.2, 0) is 6.54 Å². The molecule has 1 unspecified atom stereocenters. The maximum atomic E-state index is 6.69. The van der Waals surface area contributed by atoms with Gasteiger partial charge in [0.1, 0.15) is 11.0 Å². The highest BCUT2D eigenvalue weighted by Gasteiger charge is 2.33. The first-order chi connectivity index (χ1) is 11.0. The Morgan fingerprint density at radius 2 is 2.22 bits per heavy atom. The van der Waals surface area contributed by atoms with Crippen LogP contribution in [0, 0.1) is 12.8 Å². The van der Waals surface area contributed by atoms with Crippen LogP contribution in [0.15, 0.2) is 22.8 Å². The van der Waals surface area contributed by atoms with Crippen LogP contribution in [0.3, 0.4) is 0 Å². The largest absolute Gasteiger partial charge is 0.348 e. The van der Waals surface area contributed by atoms with Gasteiger partial charge in [-0.25, -0.2) is 4.98 Å². The molecule has 124 valence electrons. The summed E-state index contributed by atoms with van der Waals surface area (Å²) in [5.74, 6) is 1.51. The minimum absolute atomic E-state index is 0.245. The molecule has 0 N–H and O–H groups in total. The van der Waals surface area contributed by atoms with Crippen molar-refractivity contribution in [2.45, 2.75) is 46.2 Å². The van der Waals surface area contributed by atoms with Crippen molar-refractivity contribution in [3.8, 4) is 0 Å². The minimum atomic E-state index is 0.245. The van der Waals surface area contributed by atoms with Crippen molar-refractivity contribution in [1.82, 2.24) is 14.8 Å². The van der Waals surface area contributed by atoms with Crippen molar-refractivity contribution in [3.05, 3.63) is 39.2 Å². The second-order valence-electron chi connectivity index (χ2n) is 6.53. The molecule has 2 aromatic rings. The van der Waals surface area contributed by atoms with Crippen LogP contribution >= 0.6 is 27.5 Å². The molecule has 3 heterocycles. The molecule has 1 saturated heterocycles. The normalized spacial score (nSPS) is 18.2. The summed E-state index contributed by atoms with van der Waals surface area (Å²) in [6.07, 6.45) is 4.06. The number of aromatic nitrogens is 3. The molecule has 1 fully saturated rings. The Labute approximate surface area is 151 Å². The zero-order chi connectivity index (χ0) is 16.6. The van der Waals surface area contributed by atoms with E-state index < -0.39 is 0 Å². The number of anilines is 1. The van der Waals surface area contributed by atoms with Gasteiger partial charge in [0.15, 0.2) is 0 Å². The zero-order valence-corrected chi connectivity index (χ0v) is 16.1. The summed E-state index contributed by atoms with van der Waals surface area (Å²) in [5.41, 5.74) is 2.18. The van der Waals surface area contributed by atoms with Gasteiger partial charge in [-0.2, -0.15) is 5.10 Å². The number of rotatable bonds is 4. The van der Waals surface area contributed by atoms with Gasteiger partial charge in [-0.15, -0.1) is 0 Å². The van der Waals surface area contributed by atoms with E-state index >= 15 is 0 Å². The molecular formula is C17H22BrClN4. The first-order valence-electron chi connectivity index (χ1n) is 8.09. The molecule has 1 aliphatic heterocycles. The fourth-order valence-electron chi connectivity index (χ4n) is 3.32. The maximum absolute atomic E-state index is 6.69. The highest BCUT2D eigenvalue weighted by Crippen LogP contribution is 2.41. The summed E-state index contributed by atoms with van der Waals surface area (Å²) in [4.78, 5) is 6.91. The first kappa shape index (κ1) is 16.8. The van der Waals surface area contributed by atoms with Crippen LogP contribution in [0.5, 0.6) is 0 Å². The van der Waals surface area contributed by atoms with E-state index in [1.165, 1.54) is 0 Å². The van der Waals surface area contributed by atoms with E-state index in [9.17, 15) is 0 Å². The van der Waals surface area contributed by atoms with Gasteiger partial charge in [-0.3, -0.25) is 4.68 Å². The topological polar surface area (TPSA) is 34.0 Å². The van der Waals surface area contributed by atoms with E-state index in [0.717, 1.165) is 52.6 Å². The number of halogens is 2. The lowest BCUT2D eigenvalue weighted by atomic mass is 10.1. The van der Waals surface area contributed by atoms with Crippen molar-refractivity contribution in [1.29, 1.82) is 0 Å². The van der Waals surface area contributed by atoms with Gasteiger partial charge in [0, 0.05) is 24.8 Å². The van der Waals surface area contributed by atoms with Gasteiger partial charge in [-0.1, -0.05) is 25.4 Å². The van der Waals surface area contributed by atoms with Crippen molar-refractivity contribution < 1.29 is 0 Å². The van der Waals surface area contributed by atoms with Crippen LogP contribution in [-0.4, -0.2) is 21.3 Å². The Morgan fingerprint density at radius 3 is 2.91 bits per heavy atom. The van der Waals surface area contributed by atoms with E-state index in [1.807, 2.05) is 23.0 Å². The average molecular weight is 398 g/mol. The second kappa shape index (κ2) is 6.81. The Balaban J connectivity index is 1.98. The van der Waals surface area contributed by atoms with E-state index in [4.69, 9.17) is 11.6 Å². The standard InChI is InChI=1S/C17H22BrClN4/c1-11(2)10-23-16(19)15(12(3)21-23)14-7-5-9-22(14)17-13(18)6-4-8-20-17/h4,6,8,11,14H,5,7,9-10H2,1-3H3. The van der Waals surface area contributed by atoms with Crippen LogP contribution < -0.4 is 4.90 Å². The summed E-state index contributed by atoms with van der Waals surface area (Å²) < 4.78 is 2.97. The molecule has 1 aliphatic rings. The average Bonchev–Trinajstić information content (AvgIpc) is 3.04. The van der Waals surface area contributed by atoms with Crippen molar-refractivity contribution in [2.24, 2.45) is 5.92 Å². The predicted molar refractivity (Wildman–Crippen MR) is 98.1 cm³/mol. The molecule has 23 heavy (non-hydrogen) atoms. The fourth-order valence-corrected chi connectivity index (χ4v) is 4.17. The third kappa shape index (κ3) is 3.26. The summed E-state index contributed by atoms with van der Waals surface area (Å²) >= 11 is 10.3. The van der Waals surface area contributed by atoms with E-state index in [-0.39, 0.29) is 6.04 Å². The predicted octanol–water partition coefficient (Wildman–Crippen LogP) is 5.00. The second-order valence-corrected chi connectivity index (χ2v) is 7.74. The molecule has 0 aromatic carbocycles. The molecule has 3 rings (SSSR count). The highest BCUT2D eigenvalue weighted by molar-refractivity contribution is 9.10. The summed E-state index contributed by atoms with van der Waals surface area (Å²) in [6, 6.07) is 4.22. The molecule has 2 aromatic heterocycles. The van der Waals surface area contributed by atoms with Gasteiger partial charge >= 0.3 is 0 Å². The molecule has 0 aliphatic carbocycles. The third-order valence-corrected chi connectivity index (χ3v) is 5.26. The van der Waals surface area contributed by atoms with Crippen molar-refractivity contribution in [3.63, 3.8) is 0 Å². The monoisotopic (exact) mass is 396 g/mol. The molecule has 4 nitrogen and oxygen atoms in total. The SMILES string of the molecule is Cc1nn(CC(C)C)c(Cl)c1C1CCCN1c1ncccc1Br. The Kier molecular flexibility index (Phi) is 4.97. The van der Waals surface area contributed by atoms with E-state index in [1.54, 1.807) is 0 Å². The zero-order valence-electron chi connectivity index (χ0n) is 13.8. The lowest BCUT2D eigenvalue weighted by Gasteiger charge is -2.26. The molecule has 0 amide bonds. The third-order valence-electron chi connectivity index (χ3n) is 4.24. The molecule has 1 atom stereocenters. The molecule has 0 radical (unpaired) electrons. The van der Waals surface area contributed by atoms with Crippen molar-refractivity contribution in [2.75, 3.05) is 11.4 Å². The lowest BCUT2D eigenvalue weighted by molar-refractivity contribution is 0.481. The van der Waals surface area contributed by atoms with E-state index in [0.29, 0.717) is 5.92 Å². The van der Waals surface area contributed by atoms with Crippen molar-refractivity contribution >= 4 is 33.3 Å². The molecule has 6 heteroatoms. The van der Waals surface area contributed by atoms with Gasteiger partial charge in [0.25, 0.3) is 0 Å². The Morgan fingerprint density at radius 1 is 1.43 bits per heavy atom. The van der Waals surface area contributed by atoms with Crippen LogP contribution in [0.4, 0.5) is 5.82 Å². The van der Waals surface area contributed by atoms with Crippen LogP contribution in [0.25, 0.3) is 0 Å². The molecule has 0 bridgehead atoms.